The Kier molecular flexibility index (Phi) is 3.68. The number of rotatable bonds is 4. The van der Waals surface area contributed by atoms with Crippen LogP contribution in [0.1, 0.15) is 34.1 Å². The summed E-state index contributed by atoms with van der Waals surface area (Å²) >= 11 is 1.36. The molecule has 18 heavy (non-hydrogen) atoms. The standard InChI is InChI=1S/C12H15NO4S/c1-6(17-2)10(14)13-11-9(12(15)16)7-4-3-5-8(7)18-11/h6H,3-5H2,1-2H3,(H,13,14)(H,15,16). The largest absolute Gasteiger partial charge is 0.478 e. The summed E-state index contributed by atoms with van der Waals surface area (Å²) in [4.78, 5) is 24.1. The molecule has 0 aromatic carbocycles. The predicted molar refractivity (Wildman–Crippen MR) is 68.4 cm³/mol. The zero-order valence-electron chi connectivity index (χ0n) is 10.3. The van der Waals surface area contributed by atoms with E-state index in [-0.39, 0.29) is 11.5 Å². The number of amides is 1. The van der Waals surface area contributed by atoms with Crippen LogP contribution in [0, 0.1) is 0 Å². The SMILES string of the molecule is COC(C)C(=O)Nc1sc2c(c1C(=O)O)CCC2. The minimum Gasteiger partial charge on any atom is -0.478 e. The van der Waals surface area contributed by atoms with Crippen molar-refractivity contribution in [3.63, 3.8) is 0 Å². The van der Waals surface area contributed by atoms with E-state index in [1.807, 2.05) is 0 Å². The van der Waals surface area contributed by atoms with E-state index in [4.69, 9.17) is 4.74 Å². The number of methoxy groups -OCH3 is 1. The second kappa shape index (κ2) is 5.07. The Bertz CT molecular complexity index is 495. The van der Waals surface area contributed by atoms with Crippen molar-refractivity contribution >= 4 is 28.2 Å². The molecule has 6 heteroatoms. The summed E-state index contributed by atoms with van der Waals surface area (Å²) in [5.74, 6) is -1.30. The van der Waals surface area contributed by atoms with Gasteiger partial charge in [-0.05, 0) is 31.7 Å². The number of carbonyl (C=O) groups is 2. The third kappa shape index (κ3) is 2.26. The zero-order chi connectivity index (χ0) is 13.3. The molecule has 0 bridgehead atoms. The third-order valence-electron chi connectivity index (χ3n) is 3.09. The first kappa shape index (κ1) is 13.0. The van der Waals surface area contributed by atoms with Gasteiger partial charge in [-0.15, -0.1) is 11.3 Å². The van der Waals surface area contributed by atoms with Gasteiger partial charge in [-0.3, -0.25) is 4.79 Å². The number of ether oxygens (including phenoxy) is 1. The number of anilines is 1. The average molecular weight is 269 g/mol. The van der Waals surface area contributed by atoms with E-state index >= 15 is 0 Å². The summed E-state index contributed by atoms with van der Waals surface area (Å²) < 4.78 is 4.91. The maximum absolute atomic E-state index is 11.7. The van der Waals surface area contributed by atoms with Gasteiger partial charge in [0.25, 0.3) is 5.91 Å². The van der Waals surface area contributed by atoms with Crippen molar-refractivity contribution in [3.05, 3.63) is 16.0 Å². The zero-order valence-corrected chi connectivity index (χ0v) is 11.1. The maximum Gasteiger partial charge on any atom is 0.339 e. The van der Waals surface area contributed by atoms with Crippen molar-refractivity contribution in [1.29, 1.82) is 0 Å². The lowest BCUT2D eigenvalue weighted by atomic mass is 10.1. The first-order valence-corrected chi connectivity index (χ1v) is 6.57. The van der Waals surface area contributed by atoms with Gasteiger partial charge in [0.05, 0.1) is 5.56 Å². The van der Waals surface area contributed by atoms with Gasteiger partial charge >= 0.3 is 5.97 Å². The Morgan fingerprint density at radius 2 is 2.17 bits per heavy atom. The topological polar surface area (TPSA) is 75.6 Å². The summed E-state index contributed by atoms with van der Waals surface area (Å²) in [5.41, 5.74) is 1.14. The molecule has 1 aliphatic carbocycles. The number of fused-ring (bicyclic) bond motifs is 1. The molecule has 0 fully saturated rings. The molecular weight excluding hydrogens is 254 g/mol. The van der Waals surface area contributed by atoms with Crippen molar-refractivity contribution in [1.82, 2.24) is 0 Å². The predicted octanol–water partition coefficient (Wildman–Crippen LogP) is 1.91. The van der Waals surface area contributed by atoms with Gasteiger partial charge in [-0.25, -0.2) is 4.79 Å². The number of aromatic carboxylic acids is 1. The van der Waals surface area contributed by atoms with Gasteiger partial charge in [0.15, 0.2) is 0 Å². The Labute approximate surface area is 109 Å². The van der Waals surface area contributed by atoms with Crippen molar-refractivity contribution in [3.8, 4) is 0 Å². The number of carboxylic acids is 1. The molecule has 1 aromatic heterocycles. The molecule has 1 aliphatic rings. The molecule has 0 saturated heterocycles. The summed E-state index contributed by atoms with van der Waals surface area (Å²) in [6.45, 7) is 1.62. The van der Waals surface area contributed by atoms with Gasteiger partial charge in [-0.2, -0.15) is 0 Å². The molecule has 98 valence electrons. The molecule has 2 N–H and O–H groups in total. The van der Waals surface area contributed by atoms with Gasteiger partial charge in [0.1, 0.15) is 11.1 Å². The molecule has 2 rings (SSSR count). The van der Waals surface area contributed by atoms with Crippen LogP contribution in [0.5, 0.6) is 0 Å². The van der Waals surface area contributed by atoms with Crippen LogP contribution >= 0.6 is 11.3 Å². The van der Waals surface area contributed by atoms with Gasteiger partial charge < -0.3 is 15.2 Å². The number of aryl methyl sites for hydroxylation is 1. The van der Waals surface area contributed by atoms with Crippen molar-refractivity contribution < 1.29 is 19.4 Å². The molecule has 5 nitrogen and oxygen atoms in total. The first-order valence-electron chi connectivity index (χ1n) is 5.76. The molecular formula is C12H15NO4S. The number of hydrogen-bond acceptors (Lipinski definition) is 4. The summed E-state index contributed by atoms with van der Waals surface area (Å²) in [6, 6.07) is 0. The number of carboxylic acid groups (broad SMARTS) is 1. The second-order valence-electron chi connectivity index (χ2n) is 4.23. The summed E-state index contributed by atoms with van der Waals surface area (Å²) in [7, 11) is 1.44. The highest BCUT2D eigenvalue weighted by atomic mass is 32.1. The van der Waals surface area contributed by atoms with Crippen molar-refractivity contribution in [2.45, 2.75) is 32.3 Å². The summed E-state index contributed by atoms with van der Waals surface area (Å²) in [6.07, 6.45) is 2.08. The Hall–Kier alpha value is -1.40. The van der Waals surface area contributed by atoms with E-state index in [9.17, 15) is 14.7 Å². The Morgan fingerprint density at radius 1 is 1.44 bits per heavy atom. The lowest BCUT2D eigenvalue weighted by molar-refractivity contribution is -0.124. The average Bonchev–Trinajstić information content (AvgIpc) is 2.86. The maximum atomic E-state index is 11.7. The van der Waals surface area contributed by atoms with Gasteiger partial charge in [0.2, 0.25) is 0 Å². The minimum atomic E-state index is -0.977. The lowest BCUT2D eigenvalue weighted by Gasteiger charge is -2.10. The number of hydrogen-bond donors (Lipinski definition) is 2. The molecule has 1 unspecified atom stereocenters. The molecule has 1 atom stereocenters. The highest BCUT2D eigenvalue weighted by Gasteiger charge is 2.27. The van der Waals surface area contributed by atoms with E-state index in [1.165, 1.54) is 18.4 Å². The second-order valence-corrected chi connectivity index (χ2v) is 5.34. The number of nitrogens with one attached hydrogen (secondary N) is 1. The molecule has 1 aromatic rings. The van der Waals surface area contributed by atoms with Crippen LogP contribution in [-0.2, 0) is 22.4 Å². The quantitative estimate of drug-likeness (QED) is 0.875. The van der Waals surface area contributed by atoms with Crippen molar-refractivity contribution in [2.24, 2.45) is 0 Å². The Morgan fingerprint density at radius 3 is 2.78 bits per heavy atom. The number of thiophene rings is 1. The summed E-state index contributed by atoms with van der Waals surface area (Å²) in [5, 5.41) is 12.3. The number of carbonyl (C=O) groups excluding carboxylic acids is 1. The minimum absolute atomic E-state index is 0.254. The van der Waals surface area contributed by atoms with Crippen LogP contribution in [-0.4, -0.2) is 30.2 Å². The van der Waals surface area contributed by atoms with E-state index in [0.29, 0.717) is 5.00 Å². The highest BCUT2D eigenvalue weighted by molar-refractivity contribution is 7.17. The monoisotopic (exact) mass is 269 g/mol. The highest BCUT2D eigenvalue weighted by Crippen LogP contribution is 2.39. The van der Waals surface area contributed by atoms with Crippen LogP contribution in [0.2, 0.25) is 0 Å². The lowest BCUT2D eigenvalue weighted by Crippen LogP contribution is -2.26. The smallest absolute Gasteiger partial charge is 0.339 e. The van der Waals surface area contributed by atoms with Crippen LogP contribution in [0.25, 0.3) is 0 Å². The van der Waals surface area contributed by atoms with Crippen LogP contribution in [0.4, 0.5) is 5.00 Å². The van der Waals surface area contributed by atoms with Gasteiger partial charge in [-0.1, -0.05) is 0 Å². The molecule has 1 heterocycles. The van der Waals surface area contributed by atoms with Gasteiger partial charge in [0, 0.05) is 12.0 Å². The van der Waals surface area contributed by atoms with Crippen molar-refractivity contribution in [2.75, 3.05) is 12.4 Å². The normalized spacial score (nSPS) is 15.2. The molecule has 0 saturated carbocycles. The fourth-order valence-corrected chi connectivity index (χ4v) is 3.32. The Balaban J connectivity index is 2.29. The van der Waals surface area contributed by atoms with Crippen LogP contribution in [0.3, 0.4) is 0 Å². The van der Waals surface area contributed by atoms with E-state index in [0.717, 1.165) is 29.7 Å². The molecule has 0 spiro atoms. The molecule has 0 radical (unpaired) electrons. The van der Waals surface area contributed by atoms with Crippen LogP contribution < -0.4 is 5.32 Å². The first-order chi connectivity index (χ1) is 8.54. The van der Waals surface area contributed by atoms with Crippen LogP contribution in [0.15, 0.2) is 0 Å². The molecule has 0 aliphatic heterocycles. The van der Waals surface area contributed by atoms with E-state index in [2.05, 4.69) is 5.32 Å². The van der Waals surface area contributed by atoms with E-state index < -0.39 is 12.1 Å². The fourth-order valence-electron chi connectivity index (χ4n) is 2.04. The van der Waals surface area contributed by atoms with E-state index in [1.54, 1.807) is 6.92 Å². The molecule has 1 amide bonds. The third-order valence-corrected chi connectivity index (χ3v) is 4.30. The fraction of sp³-hybridized carbons (Fsp3) is 0.500.